The minimum absolute atomic E-state index is 0.127. The van der Waals surface area contributed by atoms with E-state index in [0.717, 1.165) is 48.2 Å². The largest absolute Gasteiger partial charge is 0.313 e. The number of hydrogen-bond donors (Lipinski definition) is 1. The smallest absolute Gasteiger partial charge is 0.262 e. The predicted octanol–water partition coefficient (Wildman–Crippen LogP) is 3.51. The van der Waals surface area contributed by atoms with Gasteiger partial charge >= 0.3 is 0 Å². The van der Waals surface area contributed by atoms with Crippen molar-refractivity contribution < 1.29 is 0 Å². The van der Waals surface area contributed by atoms with Crippen LogP contribution in [0.2, 0.25) is 0 Å². The van der Waals surface area contributed by atoms with E-state index in [1.807, 2.05) is 30.0 Å². The van der Waals surface area contributed by atoms with E-state index in [4.69, 9.17) is 0 Å². The zero-order valence-electron chi connectivity index (χ0n) is 15.6. The Kier molecular flexibility index (Phi) is 5.95. The molecular formula is C21H25N3OS2. The van der Waals surface area contributed by atoms with Gasteiger partial charge in [0.05, 0.1) is 11.7 Å². The lowest BCUT2D eigenvalue weighted by molar-refractivity contribution is 0.477. The standard InChI is InChI=1S/C21H25N3OS2/c1-26-12-10-22-16-7-8-17-18(13-16)27-20-19(17)21(25)24(14-23-20)11-9-15-5-3-2-4-6-15/h2-6,14,16,22H,7-13H2,1H3. The normalized spacial score (nSPS) is 16.6. The molecule has 1 aliphatic rings. The van der Waals surface area contributed by atoms with E-state index in [2.05, 4.69) is 28.7 Å². The second-order valence-corrected chi connectivity index (χ2v) is 9.12. The lowest BCUT2D eigenvalue weighted by Crippen LogP contribution is -2.35. The highest BCUT2D eigenvalue weighted by Gasteiger charge is 2.24. The van der Waals surface area contributed by atoms with Gasteiger partial charge in [0.15, 0.2) is 0 Å². The number of fused-ring (bicyclic) bond motifs is 3. The first-order chi connectivity index (χ1) is 13.3. The highest BCUT2D eigenvalue weighted by atomic mass is 32.2. The molecule has 0 amide bonds. The number of benzene rings is 1. The van der Waals surface area contributed by atoms with Crippen LogP contribution in [-0.2, 0) is 25.8 Å². The summed E-state index contributed by atoms with van der Waals surface area (Å²) in [6.07, 6.45) is 7.82. The molecule has 2 aromatic heterocycles. The summed E-state index contributed by atoms with van der Waals surface area (Å²) < 4.78 is 1.78. The highest BCUT2D eigenvalue weighted by Crippen LogP contribution is 2.33. The molecule has 6 heteroatoms. The third-order valence-electron chi connectivity index (χ3n) is 5.26. The number of thioether (sulfide) groups is 1. The van der Waals surface area contributed by atoms with E-state index >= 15 is 0 Å². The first kappa shape index (κ1) is 18.7. The molecule has 4 nitrogen and oxygen atoms in total. The molecule has 2 heterocycles. The summed E-state index contributed by atoms with van der Waals surface area (Å²) in [5, 5.41) is 4.52. The minimum atomic E-state index is 0.127. The fourth-order valence-electron chi connectivity index (χ4n) is 3.79. The van der Waals surface area contributed by atoms with Crippen LogP contribution >= 0.6 is 23.1 Å². The lowest BCUT2D eigenvalue weighted by atomic mass is 9.93. The molecule has 1 aliphatic carbocycles. The van der Waals surface area contributed by atoms with Gasteiger partial charge in [-0.05, 0) is 43.1 Å². The first-order valence-corrected chi connectivity index (χ1v) is 11.7. The van der Waals surface area contributed by atoms with Crippen LogP contribution in [0, 0.1) is 0 Å². The van der Waals surface area contributed by atoms with Crippen molar-refractivity contribution in [2.24, 2.45) is 0 Å². The molecule has 3 aromatic rings. The van der Waals surface area contributed by atoms with Gasteiger partial charge in [0.25, 0.3) is 5.56 Å². The lowest BCUT2D eigenvalue weighted by Gasteiger charge is -2.23. The van der Waals surface area contributed by atoms with Crippen molar-refractivity contribution in [2.75, 3.05) is 18.6 Å². The molecule has 0 saturated heterocycles. The Hall–Kier alpha value is -1.63. The molecule has 0 bridgehead atoms. The van der Waals surface area contributed by atoms with Crippen molar-refractivity contribution >= 4 is 33.3 Å². The number of aromatic nitrogens is 2. The van der Waals surface area contributed by atoms with Gasteiger partial charge in [-0.25, -0.2) is 4.98 Å². The Morgan fingerprint density at radius 1 is 1.33 bits per heavy atom. The molecule has 1 atom stereocenters. The maximum atomic E-state index is 13.1. The zero-order valence-corrected chi connectivity index (χ0v) is 17.2. The van der Waals surface area contributed by atoms with Gasteiger partial charge in [-0.3, -0.25) is 9.36 Å². The average Bonchev–Trinajstić information content (AvgIpc) is 3.07. The van der Waals surface area contributed by atoms with Crippen molar-refractivity contribution in [3.8, 4) is 0 Å². The molecule has 0 fully saturated rings. The van der Waals surface area contributed by atoms with Crippen LogP contribution in [0.15, 0.2) is 41.5 Å². The number of hydrogen-bond acceptors (Lipinski definition) is 5. The van der Waals surface area contributed by atoms with E-state index in [1.165, 1.54) is 16.0 Å². The first-order valence-electron chi connectivity index (χ1n) is 9.52. The molecule has 1 N–H and O–H groups in total. The third-order valence-corrected chi connectivity index (χ3v) is 7.03. The van der Waals surface area contributed by atoms with Crippen LogP contribution in [0.25, 0.3) is 10.2 Å². The molecule has 4 rings (SSSR count). The van der Waals surface area contributed by atoms with Crippen LogP contribution in [0.3, 0.4) is 0 Å². The summed E-state index contributed by atoms with van der Waals surface area (Å²) in [6, 6.07) is 10.8. The summed E-state index contributed by atoms with van der Waals surface area (Å²) in [4.78, 5) is 20.0. The number of aryl methyl sites for hydroxylation is 3. The van der Waals surface area contributed by atoms with E-state index in [-0.39, 0.29) is 5.56 Å². The summed E-state index contributed by atoms with van der Waals surface area (Å²) in [6.45, 7) is 1.73. The zero-order chi connectivity index (χ0) is 18.6. The topological polar surface area (TPSA) is 46.9 Å². The van der Waals surface area contributed by atoms with Gasteiger partial charge in [-0.2, -0.15) is 11.8 Å². The molecule has 0 spiro atoms. The van der Waals surface area contributed by atoms with Gasteiger partial charge in [-0.1, -0.05) is 30.3 Å². The Labute approximate surface area is 168 Å². The van der Waals surface area contributed by atoms with Crippen molar-refractivity contribution in [1.29, 1.82) is 0 Å². The van der Waals surface area contributed by atoms with Crippen LogP contribution < -0.4 is 10.9 Å². The Bertz CT molecular complexity index is 965. The minimum Gasteiger partial charge on any atom is -0.313 e. The summed E-state index contributed by atoms with van der Waals surface area (Å²) in [5.41, 5.74) is 2.63. The number of thiophene rings is 1. The van der Waals surface area contributed by atoms with Crippen molar-refractivity contribution in [2.45, 2.75) is 38.3 Å². The van der Waals surface area contributed by atoms with Crippen molar-refractivity contribution in [3.05, 3.63) is 63.0 Å². The van der Waals surface area contributed by atoms with Crippen molar-refractivity contribution in [3.63, 3.8) is 0 Å². The van der Waals surface area contributed by atoms with Crippen LogP contribution in [0.1, 0.15) is 22.4 Å². The molecule has 1 aromatic carbocycles. The van der Waals surface area contributed by atoms with Crippen molar-refractivity contribution in [1.82, 2.24) is 14.9 Å². The number of nitrogens with zero attached hydrogens (tertiary/aromatic N) is 2. The van der Waals surface area contributed by atoms with Gasteiger partial charge in [0.1, 0.15) is 4.83 Å². The maximum absolute atomic E-state index is 13.1. The van der Waals surface area contributed by atoms with E-state index in [1.54, 1.807) is 22.2 Å². The quantitative estimate of drug-likeness (QED) is 0.618. The summed E-state index contributed by atoms with van der Waals surface area (Å²) >= 11 is 3.58. The predicted molar refractivity (Wildman–Crippen MR) is 116 cm³/mol. The van der Waals surface area contributed by atoms with E-state index in [9.17, 15) is 4.79 Å². The second-order valence-electron chi connectivity index (χ2n) is 7.05. The molecule has 0 saturated carbocycles. The number of nitrogens with one attached hydrogen (secondary N) is 1. The third kappa shape index (κ3) is 4.13. The molecule has 0 aliphatic heterocycles. The van der Waals surface area contributed by atoms with E-state index < -0.39 is 0 Å². The maximum Gasteiger partial charge on any atom is 0.262 e. The molecule has 1 unspecified atom stereocenters. The fourth-order valence-corrected chi connectivity index (χ4v) is 5.37. The average molecular weight is 400 g/mol. The molecule has 0 radical (unpaired) electrons. The second kappa shape index (κ2) is 8.59. The van der Waals surface area contributed by atoms with Gasteiger partial charge in [0.2, 0.25) is 0 Å². The molecular weight excluding hydrogens is 374 g/mol. The van der Waals surface area contributed by atoms with Gasteiger partial charge in [-0.15, -0.1) is 11.3 Å². The molecule has 142 valence electrons. The van der Waals surface area contributed by atoms with E-state index in [0.29, 0.717) is 12.6 Å². The SMILES string of the molecule is CSCCNC1CCc2c(sc3ncn(CCc4ccccc4)c(=O)c23)C1. The van der Waals surface area contributed by atoms with Crippen LogP contribution in [0.4, 0.5) is 0 Å². The fraction of sp³-hybridized carbons (Fsp3) is 0.429. The van der Waals surface area contributed by atoms with Gasteiger partial charge < -0.3 is 5.32 Å². The Morgan fingerprint density at radius 3 is 3.00 bits per heavy atom. The van der Waals surface area contributed by atoms with Gasteiger partial charge in [0, 0.05) is 29.8 Å². The highest BCUT2D eigenvalue weighted by molar-refractivity contribution is 7.98. The molecule has 27 heavy (non-hydrogen) atoms. The Balaban J connectivity index is 1.54. The summed E-state index contributed by atoms with van der Waals surface area (Å²) in [7, 11) is 0. The monoisotopic (exact) mass is 399 g/mol. The van der Waals surface area contributed by atoms with Crippen LogP contribution in [-0.4, -0.2) is 34.1 Å². The number of rotatable bonds is 7. The summed E-state index contributed by atoms with van der Waals surface area (Å²) in [5.74, 6) is 1.14. The van der Waals surface area contributed by atoms with Crippen LogP contribution in [0.5, 0.6) is 0 Å². The Morgan fingerprint density at radius 2 is 2.19 bits per heavy atom.